The van der Waals surface area contributed by atoms with E-state index in [4.69, 9.17) is 41.2 Å². The quantitative estimate of drug-likeness (QED) is 0.822. The molecule has 0 fully saturated rings. The van der Waals surface area contributed by atoms with Gasteiger partial charge in [-0.2, -0.15) is 0 Å². The van der Waals surface area contributed by atoms with Crippen molar-refractivity contribution in [3.05, 3.63) is 51.3 Å². The molecule has 3 N–H and O–H groups in total. The van der Waals surface area contributed by atoms with Crippen LogP contribution < -0.4 is 11.1 Å². The lowest BCUT2D eigenvalue weighted by Crippen LogP contribution is -2.15. The Morgan fingerprint density at radius 1 is 1.25 bits per heavy atom. The molecule has 0 spiro atoms. The zero-order chi connectivity index (χ0) is 14.9. The van der Waals surface area contributed by atoms with Crippen molar-refractivity contribution in [1.29, 1.82) is 0 Å². The molecule has 3 nitrogen and oxygen atoms in total. The van der Waals surface area contributed by atoms with Crippen LogP contribution in [0.1, 0.15) is 17.0 Å². The predicted octanol–water partition coefficient (Wildman–Crippen LogP) is 4.38. The SMILES string of the molecule is Cc1cc(Nc2cccc(Cl)c2Cl)c(C(N)=S)c(C)n1. The maximum absolute atomic E-state index is 6.18. The highest BCUT2D eigenvalue weighted by atomic mass is 35.5. The fourth-order valence-electron chi connectivity index (χ4n) is 1.98. The van der Waals surface area contributed by atoms with Crippen molar-refractivity contribution in [3.8, 4) is 0 Å². The highest BCUT2D eigenvalue weighted by Crippen LogP contribution is 2.33. The Hall–Kier alpha value is -1.36. The third-order valence-corrected chi connectivity index (χ3v) is 3.82. The van der Waals surface area contributed by atoms with Gasteiger partial charge in [-0.05, 0) is 32.0 Å². The summed E-state index contributed by atoms with van der Waals surface area (Å²) in [6.07, 6.45) is 0. The molecule has 2 rings (SSSR count). The van der Waals surface area contributed by atoms with Gasteiger partial charge >= 0.3 is 0 Å². The molecule has 6 heteroatoms. The molecule has 0 amide bonds. The van der Waals surface area contributed by atoms with Crippen molar-refractivity contribution < 1.29 is 0 Å². The van der Waals surface area contributed by atoms with E-state index in [-0.39, 0.29) is 4.99 Å². The lowest BCUT2D eigenvalue weighted by molar-refractivity contribution is 1.12. The Balaban J connectivity index is 2.53. The van der Waals surface area contributed by atoms with Gasteiger partial charge in [-0.1, -0.05) is 41.5 Å². The van der Waals surface area contributed by atoms with E-state index in [1.165, 1.54) is 0 Å². The Morgan fingerprint density at radius 2 is 1.95 bits per heavy atom. The van der Waals surface area contributed by atoms with Crippen LogP contribution in [-0.2, 0) is 0 Å². The molecule has 0 radical (unpaired) electrons. The minimum absolute atomic E-state index is 0.288. The van der Waals surface area contributed by atoms with Crippen molar-refractivity contribution in [2.24, 2.45) is 5.73 Å². The Bertz CT molecular complexity index is 686. The van der Waals surface area contributed by atoms with E-state index < -0.39 is 0 Å². The molecule has 0 atom stereocenters. The van der Waals surface area contributed by atoms with E-state index in [1.807, 2.05) is 32.0 Å². The highest BCUT2D eigenvalue weighted by molar-refractivity contribution is 7.80. The molecular formula is C14H13Cl2N3S. The number of thiocarbonyl (C=S) groups is 1. The van der Waals surface area contributed by atoms with Crippen LogP contribution in [0.25, 0.3) is 0 Å². The number of benzene rings is 1. The Morgan fingerprint density at radius 3 is 2.60 bits per heavy atom. The summed E-state index contributed by atoms with van der Waals surface area (Å²) in [7, 11) is 0. The van der Waals surface area contributed by atoms with Crippen LogP contribution in [0.3, 0.4) is 0 Å². The first-order valence-electron chi connectivity index (χ1n) is 5.89. The maximum Gasteiger partial charge on any atom is 0.107 e. The van der Waals surface area contributed by atoms with Crippen LogP contribution in [0.2, 0.25) is 10.0 Å². The fraction of sp³-hybridized carbons (Fsp3) is 0.143. The van der Waals surface area contributed by atoms with Crippen LogP contribution in [0.15, 0.2) is 24.3 Å². The molecule has 0 saturated heterocycles. The first-order chi connectivity index (χ1) is 9.40. The number of nitrogens with two attached hydrogens (primary N) is 1. The number of hydrogen-bond acceptors (Lipinski definition) is 3. The van der Waals surface area contributed by atoms with Gasteiger partial charge in [0.1, 0.15) is 4.99 Å². The number of hydrogen-bond donors (Lipinski definition) is 2. The molecule has 0 bridgehead atoms. The van der Waals surface area contributed by atoms with Gasteiger partial charge in [0.15, 0.2) is 0 Å². The summed E-state index contributed by atoms with van der Waals surface area (Å²) in [5, 5.41) is 4.16. The highest BCUT2D eigenvalue weighted by Gasteiger charge is 2.13. The van der Waals surface area contributed by atoms with Crippen molar-refractivity contribution in [2.75, 3.05) is 5.32 Å². The normalized spacial score (nSPS) is 10.4. The topological polar surface area (TPSA) is 50.9 Å². The van der Waals surface area contributed by atoms with Crippen LogP contribution in [-0.4, -0.2) is 9.97 Å². The largest absolute Gasteiger partial charge is 0.389 e. The molecule has 20 heavy (non-hydrogen) atoms. The van der Waals surface area contributed by atoms with Gasteiger partial charge < -0.3 is 11.1 Å². The second kappa shape index (κ2) is 5.95. The van der Waals surface area contributed by atoms with E-state index >= 15 is 0 Å². The van der Waals surface area contributed by atoms with Crippen molar-refractivity contribution in [2.45, 2.75) is 13.8 Å². The predicted molar refractivity (Wildman–Crippen MR) is 89.3 cm³/mol. The molecule has 0 aliphatic carbocycles. The van der Waals surface area contributed by atoms with Gasteiger partial charge in [0, 0.05) is 11.4 Å². The van der Waals surface area contributed by atoms with E-state index in [2.05, 4.69) is 10.3 Å². The molecule has 0 aliphatic heterocycles. The number of nitrogens with one attached hydrogen (secondary N) is 1. The summed E-state index contributed by atoms with van der Waals surface area (Å²) >= 11 is 17.3. The number of pyridine rings is 1. The average Bonchev–Trinajstić information content (AvgIpc) is 2.33. The van der Waals surface area contributed by atoms with Crippen molar-refractivity contribution in [3.63, 3.8) is 0 Å². The molecule has 1 aromatic heterocycles. The smallest absolute Gasteiger partial charge is 0.107 e. The van der Waals surface area contributed by atoms with Gasteiger partial charge in [-0.3, -0.25) is 4.98 Å². The summed E-state index contributed by atoms with van der Waals surface area (Å²) in [5.41, 5.74) is 9.60. The summed E-state index contributed by atoms with van der Waals surface area (Å²) in [4.78, 5) is 4.66. The van der Waals surface area contributed by atoms with Crippen LogP contribution >= 0.6 is 35.4 Å². The molecule has 2 aromatic rings. The number of aryl methyl sites for hydroxylation is 2. The summed E-state index contributed by atoms with van der Waals surface area (Å²) in [6, 6.07) is 7.26. The standard InChI is InChI=1S/C14H13Cl2N3S/c1-7-6-11(12(14(17)20)8(2)18-7)19-10-5-3-4-9(15)13(10)16/h3-6H,1-2H3,(H2,17,20)(H,18,19). The Labute approximate surface area is 133 Å². The number of aromatic nitrogens is 1. The summed E-state index contributed by atoms with van der Waals surface area (Å²) < 4.78 is 0. The van der Waals surface area contributed by atoms with Gasteiger partial charge in [-0.15, -0.1) is 0 Å². The van der Waals surface area contributed by atoms with Crippen LogP contribution in [0, 0.1) is 13.8 Å². The van der Waals surface area contributed by atoms with Gasteiger partial charge in [0.25, 0.3) is 0 Å². The molecule has 0 unspecified atom stereocenters. The number of rotatable bonds is 3. The second-order valence-electron chi connectivity index (χ2n) is 4.36. The summed E-state index contributed by atoms with van der Waals surface area (Å²) in [6.45, 7) is 3.77. The van der Waals surface area contributed by atoms with E-state index in [1.54, 1.807) is 6.07 Å². The van der Waals surface area contributed by atoms with Crippen molar-refractivity contribution >= 4 is 51.8 Å². The van der Waals surface area contributed by atoms with Crippen LogP contribution in [0.5, 0.6) is 0 Å². The van der Waals surface area contributed by atoms with E-state index in [0.717, 1.165) is 17.1 Å². The Kier molecular flexibility index (Phi) is 4.48. The van der Waals surface area contributed by atoms with Gasteiger partial charge in [0.2, 0.25) is 0 Å². The molecule has 1 aromatic carbocycles. The molecule has 0 saturated carbocycles. The first kappa shape index (κ1) is 15.0. The monoisotopic (exact) mass is 325 g/mol. The zero-order valence-corrected chi connectivity index (χ0v) is 13.3. The van der Waals surface area contributed by atoms with E-state index in [9.17, 15) is 0 Å². The molecule has 1 heterocycles. The zero-order valence-electron chi connectivity index (χ0n) is 11.0. The third kappa shape index (κ3) is 3.03. The van der Waals surface area contributed by atoms with Gasteiger partial charge in [0.05, 0.1) is 27.0 Å². The molecule has 104 valence electrons. The van der Waals surface area contributed by atoms with Crippen LogP contribution in [0.4, 0.5) is 11.4 Å². The van der Waals surface area contributed by atoms with Crippen molar-refractivity contribution in [1.82, 2.24) is 4.98 Å². The minimum Gasteiger partial charge on any atom is -0.389 e. The average molecular weight is 326 g/mol. The van der Waals surface area contributed by atoms with Gasteiger partial charge in [-0.25, -0.2) is 0 Å². The minimum atomic E-state index is 0.288. The number of anilines is 2. The summed E-state index contributed by atoms with van der Waals surface area (Å²) in [5.74, 6) is 0. The third-order valence-electron chi connectivity index (χ3n) is 2.80. The molecular weight excluding hydrogens is 313 g/mol. The van der Waals surface area contributed by atoms with E-state index in [0.29, 0.717) is 21.3 Å². The fourth-order valence-corrected chi connectivity index (χ4v) is 2.59. The number of halogens is 2. The maximum atomic E-state index is 6.18. The lowest BCUT2D eigenvalue weighted by atomic mass is 10.1. The number of nitrogens with zero attached hydrogens (tertiary/aromatic N) is 1. The lowest BCUT2D eigenvalue weighted by Gasteiger charge is -2.15. The first-order valence-corrected chi connectivity index (χ1v) is 7.05. The second-order valence-corrected chi connectivity index (χ2v) is 5.59. The molecule has 0 aliphatic rings.